The maximum Gasteiger partial charge on any atom is 0.130 e. The molecule has 0 saturated heterocycles. The van der Waals surface area contributed by atoms with Gasteiger partial charge in [0.2, 0.25) is 0 Å². The number of hydrogen-bond donors (Lipinski definition) is 1. The van der Waals surface area contributed by atoms with E-state index in [1.165, 1.54) is 11.1 Å². The second-order valence-corrected chi connectivity index (χ2v) is 4.41. The van der Waals surface area contributed by atoms with Crippen molar-refractivity contribution in [3.05, 3.63) is 53.6 Å². The largest absolute Gasteiger partial charge is 0.334 e. The SMILES string of the molecule is CCn1ccnc1C1NCCc2ccccc21. The minimum Gasteiger partial charge on any atom is -0.334 e. The lowest BCUT2D eigenvalue weighted by Gasteiger charge is -2.26. The number of hydrogen-bond acceptors (Lipinski definition) is 2. The molecule has 3 rings (SSSR count). The van der Waals surface area contributed by atoms with E-state index in [1.54, 1.807) is 0 Å². The average Bonchev–Trinajstić information content (AvgIpc) is 2.86. The van der Waals surface area contributed by atoms with E-state index >= 15 is 0 Å². The number of nitrogens with zero attached hydrogens (tertiary/aromatic N) is 2. The van der Waals surface area contributed by atoms with E-state index in [2.05, 4.69) is 46.1 Å². The molecule has 1 aromatic heterocycles. The molecule has 0 aliphatic carbocycles. The number of aryl methyl sites for hydroxylation is 1. The summed E-state index contributed by atoms with van der Waals surface area (Å²) in [6.07, 6.45) is 5.05. The Hall–Kier alpha value is -1.61. The van der Waals surface area contributed by atoms with Gasteiger partial charge in [0.25, 0.3) is 0 Å². The molecule has 2 aromatic rings. The predicted octanol–water partition coefficient (Wildman–Crippen LogP) is 2.14. The first-order valence-electron chi connectivity index (χ1n) is 6.22. The van der Waals surface area contributed by atoms with Crippen LogP contribution < -0.4 is 5.32 Å². The van der Waals surface area contributed by atoms with Gasteiger partial charge in [0.15, 0.2) is 0 Å². The van der Waals surface area contributed by atoms with Gasteiger partial charge in [-0.25, -0.2) is 4.98 Å². The molecule has 1 unspecified atom stereocenters. The van der Waals surface area contributed by atoms with Crippen LogP contribution in [-0.2, 0) is 13.0 Å². The Bertz CT molecular complexity index is 516. The third-order valence-electron chi connectivity index (χ3n) is 3.46. The van der Waals surface area contributed by atoms with Crippen LogP contribution in [0.5, 0.6) is 0 Å². The average molecular weight is 227 g/mol. The minimum absolute atomic E-state index is 0.245. The fourth-order valence-corrected chi connectivity index (χ4v) is 2.58. The van der Waals surface area contributed by atoms with Crippen molar-refractivity contribution in [1.29, 1.82) is 0 Å². The third kappa shape index (κ3) is 1.76. The van der Waals surface area contributed by atoms with Crippen molar-refractivity contribution in [1.82, 2.24) is 14.9 Å². The van der Waals surface area contributed by atoms with Gasteiger partial charge in [-0.15, -0.1) is 0 Å². The monoisotopic (exact) mass is 227 g/mol. The van der Waals surface area contributed by atoms with Crippen LogP contribution in [0, 0.1) is 0 Å². The molecule has 0 radical (unpaired) electrons. The highest BCUT2D eigenvalue weighted by Crippen LogP contribution is 2.27. The van der Waals surface area contributed by atoms with E-state index in [-0.39, 0.29) is 6.04 Å². The maximum atomic E-state index is 4.51. The lowest BCUT2D eigenvalue weighted by molar-refractivity contribution is 0.518. The van der Waals surface area contributed by atoms with Crippen LogP contribution in [0.4, 0.5) is 0 Å². The molecule has 0 saturated carbocycles. The zero-order chi connectivity index (χ0) is 11.7. The van der Waals surface area contributed by atoms with Gasteiger partial charge < -0.3 is 9.88 Å². The van der Waals surface area contributed by atoms with E-state index in [0.29, 0.717) is 0 Å². The molecule has 88 valence electrons. The van der Waals surface area contributed by atoms with Crippen LogP contribution in [0.2, 0.25) is 0 Å². The van der Waals surface area contributed by atoms with E-state index in [1.807, 2.05) is 12.4 Å². The Labute approximate surface area is 101 Å². The van der Waals surface area contributed by atoms with Gasteiger partial charge >= 0.3 is 0 Å². The summed E-state index contributed by atoms with van der Waals surface area (Å²) in [6.45, 7) is 4.15. The van der Waals surface area contributed by atoms with Crippen LogP contribution in [0.15, 0.2) is 36.7 Å². The van der Waals surface area contributed by atoms with Crippen molar-refractivity contribution in [2.24, 2.45) is 0 Å². The normalized spacial score (nSPS) is 19.0. The van der Waals surface area contributed by atoms with Crippen molar-refractivity contribution in [2.45, 2.75) is 25.9 Å². The highest BCUT2D eigenvalue weighted by Gasteiger charge is 2.23. The Balaban J connectivity index is 2.06. The standard InChI is InChI=1S/C14H17N3/c1-2-17-10-9-16-14(17)13-12-6-4-3-5-11(12)7-8-15-13/h3-6,9-10,13,15H,2,7-8H2,1H3. The lowest BCUT2D eigenvalue weighted by Crippen LogP contribution is -2.32. The van der Waals surface area contributed by atoms with Gasteiger partial charge in [-0.05, 0) is 24.5 Å². The van der Waals surface area contributed by atoms with Gasteiger partial charge in [-0.2, -0.15) is 0 Å². The molecule has 1 aromatic carbocycles. The summed E-state index contributed by atoms with van der Waals surface area (Å²) in [6, 6.07) is 8.91. The fraction of sp³-hybridized carbons (Fsp3) is 0.357. The first-order valence-corrected chi connectivity index (χ1v) is 6.22. The Morgan fingerprint density at radius 2 is 2.29 bits per heavy atom. The summed E-state index contributed by atoms with van der Waals surface area (Å²) >= 11 is 0. The molecule has 1 aliphatic rings. The lowest BCUT2D eigenvalue weighted by atomic mass is 9.94. The molecule has 0 amide bonds. The molecule has 1 atom stereocenters. The van der Waals surface area contributed by atoms with Gasteiger partial charge in [-0.3, -0.25) is 0 Å². The zero-order valence-electron chi connectivity index (χ0n) is 10.1. The van der Waals surface area contributed by atoms with Crippen molar-refractivity contribution in [3.63, 3.8) is 0 Å². The Morgan fingerprint density at radius 3 is 3.18 bits per heavy atom. The van der Waals surface area contributed by atoms with Crippen LogP contribution in [-0.4, -0.2) is 16.1 Å². The second kappa shape index (κ2) is 4.34. The predicted molar refractivity (Wildman–Crippen MR) is 67.9 cm³/mol. The van der Waals surface area contributed by atoms with Gasteiger partial charge in [0, 0.05) is 25.5 Å². The molecular formula is C14H17N3. The quantitative estimate of drug-likeness (QED) is 0.852. The first kappa shape index (κ1) is 10.5. The summed E-state index contributed by atoms with van der Waals surface area (Å²) in [5.41, 5.74) is 2.82. The highest BCUT2D eigenvalue weighted by atomic mass is 15.1. The maximum absolute atomic E-state index is 4.51. The molecule has 17 heavy (non-hydrogen) atoms. The van der Waals surface area contributed by atoms with Crippen molar-refractivity contribution in [3.8, 4) is 0 Å². The first-order chi connectivity index (χ1) is 8.40. The molecule has 1 N–H and O–H groups in total. The molecular weight excluding hydrogens is 210 g/mol. The van der Waals surface area contributed by atoms with Gasteiger partial charge in [-0.1, -0.05) is 24.3 Å². The molecule has 0 fully saturated rings. The topological polar surface area (TPSA) is 29.9 Å². The highest BCUT2D eigenvalue weighted by molar-refractivity contribution is 5.36. The summed E-state index contributed by atoms with van der Waals surface area (Å²) in [7, 11) is 0. The fourth-order valence-electron chi connectivity index (χ4n) is 2.58. The third-order valence-corrected chi connectivity index (χ3v) is 3.46. The van der Waals surface area contributed by atoms with E-state index in [0.717, 1.165) is 25.3 Å². The number of aromatic nitrogens is 2. The smallest absolute Gasteiger partial charge is 0.130 e. The number of rotatable bonds is 2. The van der Waals surface area contributed by atoms with Crippen LogP contribution in [0.3, 0.4) is 0 Å². The summed E-state index contributed by atoms with van der Waals surface area (Å²) in [5.74, 6) is 1.12. The summed E-state index contributed by atoms with van der Waals surface area (Å²) < 4.78 is 2.21. The van der Waals surface area contributed by atoms with Crippen molar-refractivity contribution in [2.75, 3.05) is 6.54 Å². The number of fused-ring (bicyclic) bond motifs is 1. The number of nitrogens with one attached hydrogen (secondary N) is 1. The summed E-state index contributed by atoms with van der Waals surface area (Å²) in [4.78, 5) is 4.51. The molecule has 3 nitrogen and oxygen atoms in total. The Kier molecular flexibility index (Phi) is 2.69. The van der Waals surface area contributed by atoms with Gasteiger partial charge in [0.05, 0.1) is 6.04 Å². The molecule has 1 aliphatic heterocycles. The van der Waals surface area contributed by atoms with Crippen LogP contribution >= 0.6 is 0 Å². The van der Waals surface area contributed by atoms with Crippen molar-refractivity contribution < 1.29 is 0 Å². The minimum atomic E-state index is 0.245. The van der Waals surface area contributed by atoms with Gasteiger partial charge in [0.1, 0.15) is 5.82 Å². The number of imidazole rings is 1. The van der Waals surface area contributed by atoms with E-state index in [9.17, 15) is 0 Å². The van der Waals surface area contributed by atoms with Crippen molar-refractivity contribution >= 4 is 0 Å². The number of benzene rings is 1. The van der Waals surface area contributed by atoms with E-state index < -0.39 is 0 Å². The van der Waals surface area contributed by atoms with Crippen LogP contribution in [0.1, 0.15) is 29.9 Å². The van der Waals surface area contributed by atoms with E-state index in [4.69, 9.17) is 0 Å². The Morgan fingerprint density at radius 1 is 1.41 bits per heavy atom. The molecule has 3 heteroatoms. The molecule has 0 spiro atoms. The zero-order valence-corrected chi connectivity index (χ0v) is 10.1. The van der Waals surface area contributed by atoms with Crippen LogP contribution in [0.25, 0.3) is 0 Å². The molecule has 0 bridgehead atoms. The second-order valence-electron chi connectivity index (χ2n) is 4.41. The summed E-state index contributed by atoms with van der Waals surface area (Å²) in [5, 5.41) is 3.57. The molecule has 2 heterocycles.